The number of pyridine rings is 1. The Morgan fingerprint density at radius 3 is 2.72 bits per heavy atom. The van der Waals surface area contributed by atoms with Crippen LogP contribution in [0.5, 0.6) is 0 Å². The Morgan fingerprint density at radius 1 is 1.33 bits per heavy atom. The molecule has 0 aliphatic carbocycles. The van der Waals surface area contributed by atoms with Crippen LogP contribution in [0, 0.1) is 5.82 Å². The van der Waals surface area contributed by atoms with Crippen LogP contribution >= 0.6 is 11.6 Å². The van der Waals surface area contributed by atoms with E-state index in [4.69, 9.17) is 17.3 Å². The van der Waals surface area contributed by atoms with Gasteiger partial charge in [0.15, 0.2) is 0 Å². The van der Waals surface area contributed by atoms with Gasteiger partial charge in [-0.2, -0.15) is 0 Å². The highest BCUT2D eigenvalue weighted by Crippen LogP contribution is 2.19. The molecule has 1 amide bonds. The third-order valence-corrected chi connectivity index (χ3v) is 2.50. The standard InChI is InChI=1S/C12H9ClFN3O/c13-9-3-2-8(5-10(9)14)17-12(18)11-4-1-7(15)6-16-11/h1-6H,15H2,(H,17,18). The zero-order chi connectivity index (χ0) is 13.1. The summed E-state index contributed by atoms with van der Waals surface area (Å²) in [6.07, 6.45) is 1.37. The first-order valence-corrected chi connectivity index (χ1v) is 5.42. The number of nitrogens with zero attached hydrogens (tertiary/aromatic N) is 1. The minimum atomic E-state index is -0.597. The lowest BCUT2D eigenvalue weighted by Gasteiger charge is -2.05. The van der Waals surface area contributed by atoms with Crippen LogP contribution in [0.2, 0.25) is 5.02 Å². The van der Waals surface area contributed by atoms with Crippen molar-refractivity contribution in [3.05, 3.63) is 53.1 Å². The predicted molar refractivity (Wildman–Crippen MR) is 68.0 cm³/mol. The SMILES string of the molecule is Nc1ccc(C(=O)Nc2ccc(Cl)c(F)c2)nc1. The number of benzene rings is 1. The van der Waals surface area contributed by atoms with E-state index in [0.29, 0.717) is 11.4 Å². The molecule has 1 heterocycles. The summed E-state index contributed by atoms with van der Waals surface area (Å²) < 4.78 is 13.2. The maximum absolute atomic E-state index is 13.2. The topological polar surface area (TPSA) is 68.0 Å². The number of nitrogen functional groups attached to an aromatic ring is 1. The number of nitrogens with two attached hydrogens (primary N) is 1. The van der Waals surface area contributed by atoms with E-state index in [0.717, 1.165) is 6.07 Å². The third-order valence-electron chi connectivity index (χ3n) is 2.20. The summed E-state index contributed by atoms with van der Waals surface area (Å²) in [7, 11) is 0. The molecule has 0 aliphatic rings. The fourth-order valence-corrected chi connectivity index (χ4v) is 1.43. The second kappa shape index (κ2) is 5.01. The molecular weight excluding hydrogens is 257 g/mol. The van der Waals surface area contributed by atoms with Crippen LogP contribution in [0.15, 0.2) is 36.5 Å². The maximum atomic E-state index is 13.2. The Bertz CT molecular complexity index is 586. The van der Waals surface area contributed by atoms with Gasteiger partial charge in [-0.25, -0.2) is 9.37 Å². The molecule has 0 spiro atoms. The average molecular weight is 266 g/mol. The lowest BCUT2D eigenvalue weighted by Crippen LogP contribution is -2.13. The van der Waals surface area contributed by atoms with Crippen molar-refractivity contribution in [1.82, 2.24) is 4.98 Å². The molecule has 3 N–H and O–H groups in total. The number of anilines is 2. The number of carbonyl (C=O) groups excluding carboxylic acids is 1. The molecule has 6 heteroatoms. The van der Waals surface area contributed by atoms with Crippen molar-refractivity contribution in [2.24, 2.45) is 0 Å². The van der Waals surface area contributed by atoms with E-state index in [1.807, 2.05) is 0 Å². The minimum Gasteiger partial charge on any atom is -0.397 e. The van der Waals surface area contributed by atoms with Crippen molar-refractivity contribution in [2.75, 3.05) is 11.1 Å². The molecule has 0 fully saturated rings. The molecule has 0 aliphatic heterocycles. The molecule has 0 radical (unpaired) electrons. The zero-order valence-electron chi connectivity index (χ0n) is 9.15. The van der Waals surface area contributed by atoms with E-state index in [-0.39, 0.29) is 10.7 Å². The molecule has 1 aromatic heterocycles. The van der Waals surface area contributed by atoms with Crippen LogP contribution in [-0.4, -0.2) is 10.9 Å². The Balaban J connectivity index is 2.16. The lowest BCUT2D eigenvalue weighted by atomic mass is 10.2. The summed E-state index contributed by atoms with van der Waals surface area (Å²) in [5.41, 5.74) is 6.42. The number of halogens is 2. The lowest BCUT2D eigenvalue weighted by molar-refractivity contribution is 0.102. The van der Waals surface area contributed by atoms with E-state index < -0.39 is 11.7 Å². The second-order valence-corrected chi connectivity index (χ2v) is 3.97. The van der Waals surface area contributed by atoms with E-state index >= 15 is 0 Å². The van der Waals surface area contributed by atoms with Gasteiger partial charge in [0.05, 0.1) is 16.9 Å². The highest BCUT2D eigenvalue weighted by atomic mass is 35.5. The van der Waals surface area contributed by atoms with Gasteiger partial charge in [-0.3, -0.25) is 4.79 Å². The summed E-state index contributed by atoms with van der Waals surface area (Å²) in [5.74, 6) is -1.04. The Morgan fingerprint density at radius 2 is 2.11 bits per heavy atom. The largest absolute Gasteiger partial charge is 0.397 e. The molecular formula is C12H9ClFN3O. The molecule has 92 valence electrons. The van der Waals surface area contributed by atoms with Gasteiger partial charge >= 0.3 is 0 Å². The van der Waals surface area contributed by atoms with Crippen LogP contribution in [0.4, 0.5) is 15.8 Å². The van der Waals surface area contributed by atoms with Gasteiger partial charge in [0.2, 0.25) is 0 Å². The molecule has 0 atom stereocenters. The third kappa shape index (κ3) is 2.75. The number of carbonyl (C=O) groups is 1. The number of hydrogen-bond donors (Lipinski definition) is 2. The van der Waals surface area contributed by atoms with Crippen molar-refractivity contribution in [1.29, 1.82) is 0 Å². The van der Waals surface area contributed by atoms with E-state index in [1.165, 1.54) is 24.4 Å². The van der Waals surface area contributed by atoms with Gasteiger partial charge in [0.1, 0.15) is 11.5 Å². The summed E-state index contributed by atoms with van der Waals surface area (Å²) in [4.78, 5) is 15.6. The van der Waals surface area contributed by atoms with Crippen LogP contribution < -0.4 is 11.1 Å². The number of nitrogens with one attached hydrogen (secondary N) is 1. The maximum Gasteiger partial charge on any atom is 0.274 e. The Labute approximate surface area is 108 Å². The highest BCUT2D eigenvalue weighted by molar-refractivity contribution is 6.30. The van der Waals surface area contributed by atoms with E-state index in [2.05, 4.69) is 10.3 Å². The molecule has 4 nitrogen and oxygen atoms in total. The Hall–Kier alpha value is -2.14. The molecule has 0 saturated carbocycles. The quantitative estimate of drug-likeness (QED) is 0.877. The fraction of sp³-hybridized carbons (Fsp3) is 0. The Kier molecular flexibility index (Phi) is 3.43. The molecule has 18 heavy (non-hydrogen) atoms. The first-order valence-electron chi connectivity index (χ1n) is 5.04. The van der Waals surface area contributed by atoms with Crippen molar-refractivity contribution in [2.45, 2.75) is 0 Å². The minimum absolute atomic E-state index is 0.00129. The molecule has 0 bridgehead atoms. The predicted octanol–water partition coefficient (Wildman–Crippen LogP) is 2.71. The van der Waals surface area contributed by atoms with Crippen LogP contribution in [0.25, 0.3) is 0 Å². The molecule has 2 rings (SSSR count). The van der Waals surface area contributed by atoms with Gasteiger partial charge in [0, 0.05) is 5.69 Å². The fourth-order valence-electron chi connectivity index (χ4n) is 1.31. The van der Waals surface area contributed by atoms with Gasteiger partial charge < -0.3 is 11.1 Å². The van der Waals surface area contributed by atoms with Crippen molar-refractivity contribution in [3.8, 4) is 0 Å². The first-order chi connectivity index (χ1) is 8.56. The highest BCUT2D eigenvalue weighted by Gasteiger charge is 2.08. The molecule has 0 saturated heterocycles. The average Bonchev–Trinajstić information content (AvgIpc) is 2.34. The normalized spacial score (nSPS) is 10.1. The number of amides is 1. The number of rotatable bonds is 2. The van der Waals surface area contributed by atoms with Crippen molar-refractivity contribution >= 4 is 28.9 Å². The molecule has 2 aromatic rings. The van der Waals surface area contributed by atoms with Crippen LogP contribution in [-0.2, 0) is 0 Å². The van der Waals surface area contributed by atoms with E-state index in [1.54, 1.807) is 6.07 Å². The number of aromatic nitrogens is 1. The van der Waals surface area contributed by atoms with Crippen LogP contribution in [0.1, 0.15) is 10.5 Å². The molecule has 1 aromatic carbocycles. The number of hydrogen-bond acceptors (Lipinski definition) is 3. The second-order valence-electron chi connectivity index (χ2n) is 3.56. The zero-order valence-corrected chi connectivity index (χ0v) is 9.91. The first kappa shape index (κ1) is 12.3. The van der Waals surface area contributed by atoms with Gasteiger partial charge in [-0.1, -0.05) is 11.6 Å². The monoisotopic (exact) mass is 265 g/mol. The van der Waals surface area contributed by atoms with Crippen molar-refractivity contribution < 1.29 is 9.18 Å². The van der Waals surface area contributed by atoms with Gasteiger partial charge in [0.25, 0.3) is 5.91 Å². The van der Waals surface area contributed by atoms with Gasteiger partial charge in [-0.15, -0.1) is 0 Å². The van der Waals surface area contributed by atoms with Crippen LogP contribution in [0.3, 0.4) is 0 Å². The summed E-state index contributed by atoms with van der Waals surface area (Å²) in [5, 5.41) is 2.50. The summed E-state index contributed by atoms with van der Waals surface area (Å²) >= 11 is 5.54. The van der Waals surface area contributed by atoms with E-state index in [9.17, 15) is 9.18 Å². The van der Waals surface area contributed by atoms with Crippen molar-refractivity contribution in [3.63, 3.8) is 0 Å². The smallest absolute Gasteiger partial charge is 0.274 e. The summed E-state index contributed by atoms with van der Waals surface area (Å²) in [6.45, 7) is 0. The summed E-state index contributed by atoms with van der Waals surface area (Å²) in [6, 6.07) is 7.04. The van der Waals surface area contributed by atoms with Gasteiger partial charge in [-0.05, 0) is 30.3 Å². The molecule has 0 unspecified atom stereocenters.